The monoisotopic (exact) mass is 593 g/mol. The molecule has 1 N–H and O–H groups in total. The van der Waals surface area contributed by atoms with Crippen molar-refractivity contribution in [2.24, 2.45) is 17.8 Å². The van der Waals surface area contributed by atoms with Crippen LogP contribution in [0.2, 0.25) is 0 Å². The number of carbonyl (C=O) groups is 4. The second-order valence-electron chi connectivity index (χ2n) is 11.1. The predicted molar refractivity (Wildman–Crippen MR) is 153 cm³/mol. The molecule has 2 heterocycles. The zero-order valence-electron chi connectivity index (χ0n) is 25.0. The molecule has 3 aromatic rings. The number of rotatable bonds is 8. The average molecular weight is 594 g/mol. The minimum Gasteiger partial charge on any atom is -0.459 e. The van der Waals surface area contributed by atoms with Crippen molar-refractivity contribution in [2.45, 2.75) is 60.5 Å². The molecule has 2 unspecified atom stereocenters. The maximum atomic E-state index is 13.8. The Hall–Kier alpha value is -4.86. The number of H-pyrrole nitrogens is 1. The van der Waals surface area contributed by atoms with Crippen LogP contribution in [-0.2, 0) is 23.8 Å². The van der Waals surface area contributed by atoms with E-state index in [9.17, 15) is 19.2 Å². The van der Waals surface area contributed by atoms with Crippen LogP contribution in [0.1, 0.15) is 63.4 Å². The fourth-order valence-electron chi connectivity index (χ4n) is 5.44. The summed E-state index contributed by atoms with van der Waals surface area (Å²) >= 11 is 0. The maximum Gasteiger partial charge on any atom is 0.420 e. The molecule has 2 aromatic heterocycles. The second kappa shape index (κ2) is 13.0. The first-order valence-corrected chi connectivity index (χ1v) is 13.9. The van der Waals surface area contributed by atoms with Crippen molar-refractivity contribution in [3.63, 3.8) is 0 Å². The molecule has 13 heteroatoms. The molecule has 4 rings (SSSR count). The molecule has 0 radical (unpaired) electrons. The SMILES string of the molecule is [C-]#[N+]c1c(C(=O)OC2C(C)CC(C)CC2C)c2nc(-c3ccc(C)cc3)[nH]n2c1OC(=O)N(COC(C)=O)COC(C)=O. The first kappa shape index (κ1) is 31.1. The topological polar surface area (TPSA) is 146 Å². The molecule has 0 bridgehead atoms. The Morgan fingerprint density at radius 1 is 1.02 bits per heavy atom. The van der Waals surface area contributed by atoms with Crippen molar-refractivity contribution in [3.8, 4) is 17.3 Å². The molecule has 1 saturated carbocycles. The van der Waals surface area contributed by atoms with Gasteiger partial charge in [-0.15, -0.1) is 0 Å². The van der Waals surface area contributed by atoms with Gasteiger partial charge in [-0.25, -0.2) is 28.8 Å². The first-order chi connectivity index (χ1) is 20.4. The van der Waals surface area contributed by atoms with Crippen LogP contribution in [0.5, 0.6) is 5.88 Å². The lowest BCUT2D eigenvalue weighted by Gasteiger charge is -2.37. The largest absolute Gasteiger partial charge is 0.459 e. The Kier molecular flexibility index (Phi) is 9.38. The minimum atomic E-state index is -1.11. The summed E-state index contributed by atoms with van der Waals surface area (Å²) in [7, 11) is 0. The van der Waals surface area contributed by atoms with E-state index in [2.05, 4.69) is 21.9 Å². The van der Waals surface area contributed by atoms with Crippen molar-refractivity contribution in [3.05, 3.63) is 46.8 Å². The standard InChI is InChI=1S/C30H35N5O8/c1-16-8-10-22(11-9-16)26-32-27-23(29(38)42-25-18(3)12-17(2)13-19(25)4)24(31-7)28(35(27)33-26)43-30(39)34(14-40-20(5)36)15-41-21(6)37/h8-11,17-19,25H,12-15H2,1-6H3,(H,32,33). The summed E-state index contributed by atoms with van der Waals surface area (Å²) in [6, 6.07) is 7.45. The van der Waals surface area contributed by atoms with Crippen molar-refractivity contribution < 1.29 is 38.1 Å². The molecule has 0 aliphatic heterocycles. The molecule has 0 saturated heterocycles. The third-order valence-electron chi connectivity index (χ3n) is 7.36. The number of esters is 3. The highest BCUT2D eigenvalue weighted by molar-refractivity contribution is 6.05. The quantitative estimate of drug-likeness (QED) is 0.160. The van der Waals surface area contributed by atoms with Gasteiger partial charge in [0.1, 0.15) is 11.7 Å². The molecule has 1 aliphatic rings. The molecule has 228 valence electrons. The Balaban J connectivity index is 1.77. The van der Waals surface area contributed by atoms with E-state index in [-0.39, 0.29) is 40.7 Å². The lowest BCUT2D eigenvalue weighted by Crippen LogP contribution is -2.38. The van der Waals surface area contributed by atoms with Crippen LogP contribution >= 0.6 is 0 Å². The molecule has 43 heavy (non-hydrogen) atoms. The van der Waals surface area contributed by atoms with E-state index in [1.807, 2.05) is 45.0 Å². The van der Waals surface area contributed by atoms with Crippen molar-refractivity contribution in [2.75, 3.05) is 13.5 Å². The van der Waals surface area contributed by atoms with Gasteiger partial charge in [-0.05, 0) is 37.5 Å². The molecule has 1 fully saturated rings. The number of nitrogens with zero attached hydrogens (tertiary/aromatic N) is 4. The third kappa shape index (κ3) is 6.97. The van der Waals surface area contributed by atoms with Crippen LogP contribution in [0.25, 0.3) is 21.9 Å². The van der Waals surface area contributed by atoms with Crippen molar-refractivity contribution in [1.82, 2.24) is 19.5 Å². The lowest BCUT2D eigenvalue weighted by atomic mass is 9.75. The summed E-state index contributed by atoms with van der Waals surface area (Å²) in [5.41, 5.74) is 1.30. The molecule has 2 atom stereocenters. The highest BCUT2D eigenvalue weighted by Gasteiger charge is 2.37. The molecule has 1 aromatic carbocycles. The number of hydrogen-bond acceptors (Lipinski definition) is 9. The number of aryl methyl sites for hydroxylation is 1. The number of aromatic amines is 1. The number of nitrogens with one attached hydrogen (secondary N) is 1. The van der Waals surface area contributed by atoms with Gasteiger partial charge in [0, 0.05) is 19.4 Å². The van der Waals surface area contributed by atoms with E-state index < -0.39 is 37.5 Å². The molecule has 1 amide bonds. The van der Waals surface area contributed by atoms with E-state index in [0.717, 1.165) is 37.2 Å². The number of amides is 1. The molecule has 1 aliphatic carbocycles. The molecular formula is C30H35N5O8. The van der Waals surface area contributed by atoms with Gasteiger partial charge in [0.25, 0.3) is 5.69 Å². The molecule has 13 nitrogen and oxygen atoms in total. The summed E-state index contributed by atoms with van der Waals surface area (Å²) in [4.78, 5) is 58.7. The van der Waals surface area contributed by atoms with Gasteiger partial charge in [-0.1, -0.05) is 50.6 Å². The van der Waals surface area contributed by atoms with Gasteiger partial charge in [0.05, 0.1) is 6.57 Å². The van der Waals surface area contributed by atoms with Crippen LogP contribution in [0.15, 0.2) is 24.3 Å². The number of fused-ring (bicyclic) bond motifs is 1. The van der Waals surface area contributed by atoms with Gasteiger partial charge in [0.15, 0.2) is 24.9 Å². The van der Waals surface area contributed by atoms with Gasteiger partial charge in [-0.2, -0.15) is 0 Å². The number of ether oxygens (including phenoxy) is 4. The van der Waals surface area contributed by atoms with E-state index in [1.165, 1.54) is 4.52 Å². The summed E-state index contributed by atoms with van der Waals surface area (Å²) in [6.07, 6.45) is 0.308. The fraction of sp³-hybridized carbons (Fsp3) is 0.467. The van der Waals surface area contributed by atoms with Crippen LogP contribution in [-0.4, -0.2) is 63.1 Å². The highest BCUT2D eigenvalue weighted by atomic mass is 16.6. The first-order valence-electron chi connectivity index (χ1n) is 13.9. The number of hydrogen-bond donors (Lipinski definition) is 1. The van der Waals surface area contributed by atoms with Gasteiger partial charge in [0.2, 0.25) is 5.88 Å². The predicted octanol–water partition coefficient (Wildman–Crippen LogP) is 5.26. The van der Waals surface area contributed by atoms with E-state index in [0.29, 0.717) is 17.3 Å². The Bertz CT molecular complexity index is 1540. The number of benzene rings is 1. The summed E-state index contributed by atoms with van der Waals surface area (Å²) < 4.78 is 22.6. The highest BCUT2D eigenvalue weighted by Crippen LogP contribution is 2.41. The third-order valence-corrected chi connectivity index (χ3v) is 7.36. The maximum absolute atomic E-state index is 13.8. The fourth-order valence-corrected chi connectivity index (χ4v) is 5.44. The van der Waals surface area contributed by atoms with Crippen molar-refractivity contribution in [1.29, 1.82) is 0 Å². The van der Waals surface area contributed by atoms with Crippen LogP contribution < -0.4 is 4.74 Å². The molecular weight excluding hydrogens is 558 g/mol. The average Bonchev–Trinajstić information content (AvgIpc) is 3.48. The van der Waals surface area contributed by atoms with E-state index >= 15 is 0 Å². The summed E-state index contributed by atoms with van der Waals surface area (Å²) in [5.74, 6) is -1.41. The molecule has 0 spiro atoms. The number of carbonyl (C=O) groups excluding carboxylic acids is 4. The van der Waals surface area contributed by atoms with Gasteiger partial charge >= 0.3 is 24.0 Å². The van der Waals surface area contributed by atoms with Crippen molar-refractivity contribution >= 4 is 35.3 Å². The lowest BCUT2D eigenvalue weighted by molar-refractivity contribution is -0.151. The van der Waals surface area contributed by atoms with Gasteiger partial charge < -0.3 is 18.9 Å². The Morgan fingerprint density at radius 2 is 1.60 bits per heavy atom. The van der Waals surface area contributed by atoms with E-state index in [4.69, 9.17) is 25.5 Å². The Labute approximate surface area is 248 Å². The summed E-state index contributed by atoms with van der Waals surface area (Å²) in [5, 5.41) is 3.01. The normalized spacial score (nSPS) is 19.7. The van der Waals surface area contributed by atoms with Crippen LogP contribution in [0, 0.1) is 31.2 Å². The van der Waals surface area contributed by atoms with E-state index in [1.54, 1.807) is 0 Å². The van der Waals surface area contributed by atoms with Crippen LogP contribution in [0.3, 0.4) is 0 Å². The zero-order chi connectivity index (χ0) is 31.4. The minimum absolute atomic E-state index is 0.0328. The van der Waals surface area contributed by atoms with Gasteiger partial charge in [-0.3, -0.25) is 14.7 Å². The zero-order valence-corrected chi connectivity index (χ0v) is 25.0. The summed E-state index contributed by atoms with van der Waals surface area (Å²) in [6.45, 7) is 17.2. The second-order valence-corrected chi connectivity index (χ2v) is 11.1. The number of aromatic nitrogens is 3. The van der Waals surface area contributed by atoms with Crippen LogP contribution in [0.4, 0.5) is 10.5 Å². The smallest absolute Gasteiger partial charge is 0.420 e. The Morgan fingerprint density at radius 3 is 2.14 bits per heavy atom.